The van der Waals surface area contributed by atoms with E-state index in [1.807, 2.05) is 6.07 Å². The van der Waals surface area contributed by atoms with Gasteiger partial charge in [-0.2, -0.15) is 0 Å². The molecular formula is C14H19BrO. The summed E-state index contributed by atoms with van der Waals surface area (Å²) in [5.74, 6) is 0.446. The second-order valence-corrected chi connectivity index (χ2v) is 5.62. The number of rotatable bonds is 2. The van der Waals surface area contributed by atoms with E-state index < -0.39 is 0 Å². The quantitative estimate of drug-likeness (QED) is 0.815. The van der Waals surface area contributed by atoms with E-state index >= 15 is 0 Å². The largest absolute Gasteiger partial charge is 0.393 e. The second-order valence-electron chi connectivity index (χ2n) is 4.76. The van der Waals surface area contributed by atoms with Gasteiger partial charge < -0.3 is 5.11 Å². The number of aliphatic hydroxyl groups excluding tert-OH is 1. The smallest absolute Gasteiger partial charge is 0.0571 e. The summed E-state index contributed by atoms with van der Waals surface area (Å²) in [5, 5.41) is 10.1. The third-order valence-corrected chi connectivity index (χ3v) is 4.33. The Morgan fingerprint density at radius 1 is 1.12 bits per heavy atom. The molecule has 1 aliphatic carbocycles. The van der Waals surface area contributed by atoms with E-state index in [1.54, 1.807) is 0 Å². The van der Waals surface area contributed by atoms with Crippen molar-refractivity contribution < 1.29 is 5.11 Å². The van der Waals surface area contributed by atoms with Gasteiger partial charge in [0.15, 0.2) is 0 Å². The molecule has 1 N–H and O–H groups in total. The van der Waals surface area contributed by atoms with Crippen LogP contribution in [0.15, 0.2) is 28.7 Å². The number of benzene rings is 1. The molecule has 0 saturated heterocycles. The van der Waals surface area contributed by atoms with Crippen LogP contribution in [-0.2, 0) is 6.42 Å². The van der Waals surface area contributed by atoms with Gasteiger partial charge in [-0.15, -0.1) is 0 Å². The number of hydrogen-bond donors (Lipinski definition) is 1. The molecule has 2 heteroatoms. The van der Waals surface area contributed by atoms with Crippen molar-refractivity contribution >= 4 is 15.9 Å². The monoisotopic (exact) mass is 282 g/mol. The number of aliphatic hydroxyl groups is 1. The fraction of sp³-hybridized carbons (Fsp3) is 0.571. The lowest BCUT2D eigenvalue weighted by Crippen LogP contribution is -2.21. The van der Waals surface area contributed by atoms with Crippen molar-refractivity contribution in [2.75, 3.05) is 0 Å². The lowest BCUT2D eigenvalue weighted by atomic mass is 9.90. The van der Waals surface area contributed by atoms with Gasteiger partial charge in [-0.25, -0.2) is 0 Å². The van der Waals surface area contributed by atoms with E-state index in [1.165, 1.54) is 35.7 Å². The molecule has 88 valence electrons. The summed E-state index contributed by atoms with van der Waals surface area (Å²) in [5.41, 5.74) is 1.33. The van der Waals surface area contributed by atoms with Gasteiger partial charge in [-0.1, -0.05) is 53.4 Å². The summed E-state index contributed by atoms with van der Waals surface area (Å²) in [4.78, 5) is 0. The normalized spacial score (nSPS) is 26.4. The fourth-order valence-electron chi connectivity index (χ4n) is 2.55. The molecule has 1 aliphatic rings. The van der Waals surface area contributed by atoms with Gasteiger partial charge in [0.1, 0.15) is 0 Å². The molecule has 0 amide bonds. The van der Waals surface area contributed by atoms with Crippen LogP contribution in [-0.4, -0.2) is 11.2 Å². The molecule has 1 aromatic rings. The third-order valence-electron chi connectivity index (χ3n) is 3.56. The minimum Gasteiger partial charge on any atom is -0.393 e. The fourth-order valence-corrected chi connectivity index (χ4v) is 3.00. The third kappa shape index (κ3) is 3.08. The molecule has 0 heterocycles. The first-order valence-corrected chi connectivity index (χ1v) is 6.98. The summed E-state index contributed by atoms with van der Waals surface area (Å²) in [7, 11) is 0. The van der Waals surface area contributed by atoms with Crippen LogP contribution in [0, 0.1) is 5.92 Å². The standard InChI is InChI=1S/C14H19BrO/c15-13-8-5-4-6-11(13)10-12-7-2-1-3-9-14(12)16/h4-6,8,12,14,16H,1-3,7,9-10H2. The highest BCUT2D eigenvalue weighted by Crippen LogP contribution is 2.28. The lowest BCUT2D eigenvalue weighted by Gasteiger charge is -2.20. The van der Waals surface area contributed by atoms with Crippen molar-refractivity contribution in [3.05, 3.63) is 34.3 Å². The van der Waals surface area contributed by atoms with E-state index in [0.717, 1.165) is 12.8 Å². The molecule has 16 heavy (non-hydrogen) atoms. The summed E-state index contributed by atoms with van der Waals surface area (Å²) >= 11 is 3.58. The Hall–Kier alpha value is -0.340. The molecule has 2 atom stereocenters. The van der Waals surface area contributed by atoms with Gasteiger partial charge >= 0.3 is 0 Å². The van der Waals surface area contributed by atoms with Gasteiger partial charge in [0.2, 0.25) is 0 Å². The SMILES string of the molecule is OC1CCCCCC1Cc1ccccc1Br. The van der Waals surface area contributed by atoms with Crippen LogP contribution in [0.3, 0.4) is 0 Å². The van der Waals surface area contributed by atoms with Crippen molar-refractivity contribution in [2.24, 2.45) is 5.92 Å². The Morgan fingerprint density at radius 3 is 2.69 bits per heavy atom. The van der Waals surface area contributed by atoms with Gasteiger partial charge in [-0.05, 0) is 36.8 Å². The van der Waals surface area contributed by atoms with E-state index in [-0.39, 0.29) is 6.10 Å². The van der Waals surface area contributed by atoms with E-state index in [4.69, 9.17) is 0 Å². The molecule has 2 unspecified atom stereocenters. The van der Waals surface area contributed by atoms with Crippen molar-refractivity contribution in [3.8, 4) is 0 Å². The highest BCUT2D eigenvalue weighted by molar-refractivity contribution is 9.10. The molecule has 1 aromatic carbocycles. The maximum Gasteiger partial charge on any atom is 0.0571 e. The molecular weight excluding hydrogens is 264 g/mol. The maximum absolute atomic E-state index is 10.1. The molecule has 1 saturated carbocycles. The van der Waals surface area contributed by atoms with Gasteiger partial charge in [0.05, 0.1) is 6.10 Å². The van der Waals surface area contributed by atoms with Crippen LogP contribution in [0.1, 0.15) is 37.7 Å². The molecule has 0 spiro atoms. The Balaban J connectivity index is 2.05. The van der Waals surface area contributed by atoms with Crippen molar-refractivity contribution in [2.45, 2.75) is 44.6 Å². The summed E-state index contributed by atoms with van der Waals surface area (Å²) < 4.78 is 1.17. The van der Waals surface area contributed by atoms with E-state index in [0.29, 0.717) is 5.92 Å². The van der Waals surface area contributed by atoms with Crippen LogP contribution < -0.4 is 0 Å². The Labute approximate surface area is 106 Å². The molecule has 0 radical (unpaired) electrons. The first-order valence-electron chi connectivity index (χ1n) is 6.19. The highest BCUT2D eigenvalue weighted by Gasteiger charge is 2.22. The minimum absolute atomic E-state index is 0.102. The first-order chi connectivity index (χ1) is 7.77. The minimum atomic E-state index is -0.102. The predicted molar refractivity (Wildman–Crippen MR) is 70.4 cm³/mol. The van der Waals surface area contributed by atoms with Crippen LogP contribution in [0.5, 0.6) is 0 Å². The molecule has 0 aliphatic heterocycles. The zero-order valence-electron chi connectivity index (χ0n) is 9.53. The maximum atomic E-state index is 10.1. The topological polar surface area (TPSA) is 20.2 Å². The number of hydrogen-bond acceptors (Lipinski definition) is 1. The first kappa shape index (κ1) is 12.1. The molecule has 1 fully saturated rings. The lowest BCUT2D eigenvalue weighted by molar-refractivity contribution is 0.101. The Bertz CT molecular complexity index is 337. The summed E-state index contributed by atoms with van der Waals surface area (Å²) in [6.45, 7) is 0. The molecule has 0 aromatic heterocycles. The average molecular weight is 283 g/mol. The number of halogens is 1. The van der Waals surface area contributed by atoms with E-state index in [2.05, 4.69) is 34.1 Å². The average Bonchev–Trinajstić information content (AvgIpc) is 2.48. The van der Waals surface area contributed by atoms with Crippen molar-refractivity contribution in [3.63, 3.8) is 0 Å². The highest BCUT2D eigenvalue weighted by atomic mass is 79.9. The van der Waals surface area contributed by atoms with Crippen LogP contribution in [0.25, 0.3) is 0 Å². The zero-order chi connectivity index (χ0) is 11.4. The van der Waals surface area contributed by atoms with Crippen LogP contribution >= 0.6 is 15.9 Å². The summed E-state index contributed by atoms with van der Waals surface area (Å²) in [6.07, 6.45) is 6.79. The van der Waals surface area contributed by atoms with Gasteiger partial charge in [0.25, 0.3) is 0 Å². The Morgan fingerprint density at radius 2 is 1.88 bits per heavy atom. The van der Waals surface area contributed by atoms with Gasteiger partial charge in [0, 0.05) is 4.47 Å². The van der Waals surface area contributed by atoms with Crippen molar-refractivity contribution in [1.82, 2.24) is 0 Å². The molecule has 0 bridgehead atoms. The molecule has 1 nitrogen and oxygen atoms in total. The van der Waals surface area contributed by atoms with Crippen molar-refractivity contribution in [1.29, 1.82) is 0 Å². The molecule has 2 rings (SSSR count). The zero-order valence-corrected chi connectivity index (χ0v) is 11.1. The second kappa shape index (κ2) is 5.83. The predicted octanol–water partition coefficient (Wildman–Crippen LogP) is 3.93. The summed E-state index contributed by atoms with van der Waals surface area (Å²) in [6, 6.07) is 8.35. The van der Waals surface area contributed by atoms with Gasteiger partial charge in [-0.3, -0.25) is 0 Å². The van der Waals surface area contributed by atoms with Crippen LogP contribution in [0.4, 0.5) is 0 Å². The van der Waals surface area contributed by atoms with E-state index in [9.17, 15) is 5.11 Å². The van der Waals surface area contributed by atoms with Crippen LogP contribution in [0.2, 0.25) is 0 Å². The Kier molecular flexibility index (Phi) is 4.42.